The number of amides is 2. The van der Waals surface area contributed by atoms with Gasteiger partial charge in [-0.05, 0) is 66.0 Å². The fourth-order valence-electron chi connectivity index (χ4n) is 2.87. The molecule has 2 aromatic carbocycles. The van der Waals surface area contributed by atoms with Gasteiger partial charge in [0.05, 0.1) is 5.69 Å². The highest BCUT2D eigenvalue weighted by atomic mass is 35.5. The van der Waals surface area contributed by atoms with Crippen molar-refractivity contribution in [2.24, 2.45) is 5.92 Å². The highest BCUT2D eigenvalue weighted by Crippen LogP contribution is 2.24. The van der Waals surface area contributed by atoms with Crippen molar-refractivity contribution in [1.82, 2.24) is 5.32 Å². The van der Waals surface area contributed by atoms with Gasteiger partial charge in [0.15, 0.2) is 5.11 Å². The Morgan fingerprint density at radius 2 is 1.70 bits per heavy atom. The van der Waals surface area contributed by atoms with Crippen LogP contribution in [0, 0.1) is 5.92 Å². The van der Waals surface area contributed by atoms with Crippen LogP contribution < -0.4 is 10.2 Å². The standard InChI is InChI=1S/C21H19ClN2O2S/c1-13(2)11-14-3-5-15(6-4-14)12-18-19(25)23-21(27)24(20(18)26)17-9-7-16(22)8-10-17/h3-10,12-13H,11H2,1-2H3,(H,23,25,27). The first-order valence-corrected chi connectivity index (χ1v) is 9.39. The molecule has 6 heteroatoms. The zero-order valence-electron chi connectivity index (χ0n) is 15.0. The van der Waals surface area contributed by atoms with Gasteiger partial charge >= 0.3 is 0 Å². The molecular weight excluding hydrogens is 380 g/mol. The Morgan fingerprint density at radius 1 is 1.07 bits per heavy atom. The van der Waals surface area contributed by atoms with E-state index in [0.717, 1.165) is 12.0 Å². The van der Waals surface area contributed by atoms with Crippen molar-refractivity contribution in [2.75, 3.05) is 4.90 Å². The molecular formula is C21H19ClN2O2S. The number of carbonyl (C=O) groups is 2. The van der Waals surface area contributed by atoms with Gasteiger partial charge in [-0.25, -0.2) is 0 Å². The van der Waals surface area contributed by atoms with Gasteiger partial charge in [-0.15, -0.1) is 0 Å². The summed E-state index contributed by atoms with van der Waals surface area (Å²) < 4.78 is 0. The number of nitrogens with one attached hydrogen (secondary N) is 1. The lowest BCUT2D eigenvalue weighted by Gasteiger charge is -2.28. The lowest BCUT2D eigenvalue weighted by molar-refractivity contribution is -0.122. The first-order chi connectivity index (χ1) is 12.8. The molecule has 2 aromatic rings. The molecule has 0 bridgehead atoms. The van der Waals surface area contributed by atoms with Crippen molar-refractivity contribution in [3.63, 3.8) is 0 Å². The van der Waals surface area contributed by atoms with Crippen molar-refractivity contribution >= 4 is 52.5 Å². The zero-order valence-corrected chi connectivity index (χ0v) is 16.6. The van der Waals surface area contributed by atoms with Crippen LogP contribution in [0.25, 0.3) is 6.08 Å². The van der Waals surface area contributed by atoms with Crippen LogP contribution in [0.15, 0.2) is 54.1 Å². The third kappa shape index (κ3) is 4.43. The number of rotatable bonds is 4. The fraction of sp³-hybridized carbons (Fsp3) is 0.190. The zero-order chi connectivity index (χ0) is 19.6. The first-order valence-electron chi connectivity index (χ1n) is 8.61. The van der Waals surface area contributed by atoms with E-state index in [4.69, 9.17) is 23.8 Å². The Hall–Kier alpha value is -2.50. The molecule has 2 amide bonds. The molecule has 0 saturated carbocycles. The second-order valence-electron chi connectivity index (χ2n) is 6.77. The van der Waals surface area contributed by atoms with E-state index in [1.54, 1.807) is 30.3 Å². The minimum absolute atomic E-state index is 0.0372. The maximum Gasteiger partial charge on any atom is 0.270 e. The van der Waals surface area contributed by atoms with Gasteiger partial charge in [0.2, 0.25) is 0 Å². The third-order valence-corrected chi connectivity index (χ3v) is 4.66. The predicted molar refractivity (Wildman–Crippen MR) is 113 cm³/mol. The van der Waals surface area contributed by atoms with Gasteiger partial charge in [0.25, 0.3) is 11.8 Å². The van der Waals surface area contributed by atoms with Gasteiger partial charge in [0, 0.05) is 5.02 Å². The summed E-state index contributed by atoms with van der Waals surface area (Å²) in [5.41, 5.74) is 2.59. The molecule has 3 rings (SSSR count). The highest BCUT2D eigenvalue weighted by molar-refractivity contribution is 7.80. The Morgan fingerprint density at radius 3 is 2.30 bits per heavy atom. The summed E-state index contributed by atoms with van der Waals surface area (Å²) in [6.45, 7) is 4.32. The third-order valence-electron chi connectivity index (χ3n) is 4.12. The molecule has 1 fully saturated rings. The topological polar surface area (TPSA) is 49.4 Å². The number of nitrogens with zero attached hydrogens (tertiary/aromatic N) is 1. The van der Waals surface area contributed by atoms with E-state index in [0.29, 0.717) is 16.6 Å². The molecule has 0 radical (unpaired) electrons. The number of thiocarbonyl (C=S) groups is 1. The molecule has 1 saturated heterocycles. The van der Waals surface area contributed by atoms with E-state index in [-0.39, 0.29) is 10.7 Å². The summed E-state index contributed by atoms with van der Waals surface area (Å²) >= 11 is 11.1. The van der Waals surface area contributed by atoms with Crippen LogP contribution in [0.5, 0.6) is 0 Å². The lowest BCUT2D eigenvalue weighted by atomic mass is 10.0. The van der Waals surface area contributed by atoms with Crippen molar-refractivity contribution < 1.29 is 9.59 Å². The quantitative estimate of drug-likeness (QED) is 0.472. The normalized spacial score (nSPS) is 16.2. The molecule has 0 aromatic heterocycles. The number of benzene rings is 2. The molecule has 0 atom stereocenters. The molecule has 27 heavy (non-hydrogen) atoms. The summed E-state index contributed by atoms with van der Waals surface area (Å²) in [4.78, 5) is 26.5. The summed E-state index contributed by atoms with van der Waals surface area (Å²) in [5, 5.41) is 3.18. The summed E-state index contributed by atoms with van der Waals surface area (Å²) in [5.74, 6) is -0.396. The summed E-state index contributed by atoms with van der Waals surface area (Å²) in [7, 11) is 0. The van der Waals surface area contributed by atoms with Crippen LogP contribution in [0.3, 0.4) is 0 Å². The molecule has 1 aliphatic rings. The average Bonchev–Trinajstić information content (AvgIpc) is 2.61. The van der Waals surface area contributed by atoms with Gasteiger partial charge < -0.3 is 0 Å². The molecule has 1 aliphatic heterocycles. The average molecular weight is 399 g/mol. The van der Waals surface area contributed by atoms with Gasteiger partial charge in [-0.1, -0.05) is 49.7 Å². The number of hydrogen-bond acceptors (Lipinski definition) is 3. The van der Waals surface area contributed by atoms with Crippen LogP contribution in [0.1, 0.15) is 25.0 Å². The van der Waals surface area contributed by atoms with Crippen LogP contribution >= 0.6 is 23.8 Å². The molecule has 4 nitrogen and oxygen atoms in total. The summed E-state index contributed by atoms with van der Waals surface area (Å²) in [6.07, 6.45) is 2.57. The van der Waals surface area contributed by atoms with Gasteiger partial charge in [-0.3, -0.25) is 19.8 Å². The van der Waals surface area contributed by atoms with Gasteiger partial charge in [-0.2, -0.15) is 0 Å². The molecule has 0 unspecified atom stereocenters. The smallest absolute Gasteiger partial charge is 0.270 e. The van der Waals surface area contributed by atoms with Crippen molar-refractivity contribution in [3.05, 3.63) is 70.3 Å². The molecule has 138 valence electrons. The van der Waals surface area contributed by atoms with Crippen molar-refractivity contribution in [3.8, 4) is 0 Å². The van der Waals surface area contributed by atoms with Crippen LogP contribution in [-0.4, -0.2) is 16.9 Å². The van der Waals surface area contributed by atoms with E-state index in [2.05, 4.69) is 19.2 Å². The van der Waals surface area contributed by atoms with E-state index < -0.39 is 11.8 Å². The second kappa shape index (κ2) is 8.03. The maximum atomic E-state index is 12.9. The number of carbonyl (C=O) groups excluding carboxylic acids is 2. The lowest BCUT2D eigenvalue weighted by Crippen LogP contribution is -2.54. The number of anilines is 1. The fourth-order valence-corrected chi connectivity index (χ4v) is 3.28. The minimum atomic E-state index is -0.499. The highest BCUT2D eigenvalue weighted by Gasteiger charge is 2.34. The summed E-state index contributed by atoms with van der Waals surface area (Å²) in [6, 6.07) is 14.5. The van der Waals surface area contributed by atoms with E-state index in [9.17, 15) is 9.59 Å². The monoisotopic (exact) mass is 398 g/mol. The second-order valence-corrected chi connectivity index (χ2v) is 7.60. The molecule has 0 spiro atoms. The molecule has 1 heterocycles. The first kappa shape index (κ1) is 19.3. The Bertz CT molecular complexity index is 918. The maximum absolute atomic E-state index is 12.9. The Labute approximate surface area is 168 Å². The number of hydrogen-bond donors (Lipinski definition) is 1. The van der Waals surface area contributed by atoms with Gasteiger partial charge in [0.1, 0.15) is 5.57 Å². The predicted octanol–water partition coefficient (Wildman–Crippen LogP) is 4.37. The molecule has 0 aliphatic carbocycles. The van der Waals surface area contributed by atoms with E-state index in [1.807, 2.05) is 24.3 Å². The van der Waals surface area contributed by atoms with Crippen LogP contribution in [0.2, 0.25) is 5.02 Å². The van der Waals surface area contributed by atoms with Crippen molar-refractivity contribution in [2.45, 2.75) is 20.3 Å². The minimum Gasteiger partial charge on any atom is -0.298 e. The Balaban J connectivity index is 1.90. The SMILES string of the molecule is CC(C)Cc1ccc(C=C2C(=O)NC(=S)N(c3ccc(Cl)cc3)C2=O)cc1. The van der Waals surface area contributed by atoms with E-state index in [1.165, 1.54) is 10.5 Å². The number of halogens is 1. The Kier molecular flexibility index (Phi) is 5.73. The largest absolute Gasteiger partial charge is 0.298 e. The van der Waals surface area contributed by atoms with E-state index >= 15 is 0 Å². The molecule has 1 N–H and O–H groups in total. The van der Waals surface area contributed by atoms with Crippen LogP contribution in [0.4, 0.5) is 5.69 Å². The van der Waals surface area contributed by atoms with Crippen molar-refractivity contribution in [1.29, 1.82) is 0 Å². The van der Waals surface area contributed by atoms with Crippen LogP contribution in [-0.2, 0) is 16.0 Å².